The van der Waals surface area contributed by atoms with Crippen molar-refractivity contribution in [1.82, 2.24) is 5.32 Å². The molecule has 1 atom stereocenters. The average molecular weight is 157 g/mol. The van der Waals surface area contributed by atoms with Gasteiger partial charge in [-0.1, -0.05) is 33.6 Å². The van der Waals surface area contributed by atoms with Crippen molar-refractivity contribution >= 4 is 0 Å². The summed E-state index contributed by atoms with van der Waals surface area (Å²) in [5.41, 5.74) is 0. The molecule has 0 fully saturated rings. The van der Waals surface area contributed by atoms with Crippen LogP contribution in [0.25, 0.3) is 0 Å². The van der Waals surface area contributed by atoms with Crippen LogP contribution in [0.1, 0.15) is 46.5 Å². The molecule has 0 heterocycles. The zero-order valence-corrected chi connectivity index (χ0v) is 8.48. The Kier molecular flexibility index (Phi) is 6.63. The Hall–Kier alpha value is -0.0400. The van der Waals surface area contributed by atoms with Crippen LogP contribution in [0.5, 0.6) is 0 Å². The van der Waals surface area contributed by atoms with Crippen LogP contribution in [0.15, 0.2) is 0 Å². The van der Waals surface area contributed by atoms with Crippen molar-refractivity contribution in [3.05, 3.63) is 0 Å². The minimum atomic E-state index is 0.745. The summed E-state index contributed by atoms with van der Waals surface area (Å²) in [4.78, 5) is 0. The predicted octanol–water partition coefficient (Wildman–Crippen LogP) is 2.81. The van der Waals surface area contributed by atoms with Gasteiger partial charge in [-0.2, -0.15) is 0 Å². The second-order valence-electron chi connectivity index (χ2n) is 3.76. The molecule has 0 aliphatic carbocycles. The SMILES string of the molecule is CCCCC(CC(C)C)NC. The van der Waals surface area contributed by atoms with E-state index < -0.39 is 0 Å². The van der Waals surface area contributed by atoms with E-state index in [1.807, 2.05) is 0 Å². The maximum atomic E-state index is 3.37. The molecule has 0 aliphatic heterocycles. The number of hydrogen-bond acceptors (Lipinski definition) is 1. The van der Waals surface area contributed by atoms with Gasteiger partial charge < -0.3 is 5.32 Å². The van der Waals surface area contributed by atoms with Crippen LogP contribution in [-0.4, -0.2) is 13.1 Å². The third-order valence-electron chi connectivity index (χ3n) is 2.07. The molecule has 0 aromatic carbocycles. The third kappa shape index (κ3) is 6.36. The fourth-order valence-electron chi connectivity index (χ4n) is 1.40. The molecule has 1 N–H and O–H groups in total. The Balaban J connectivity index is 3.41. The van der Waals surface area contributed by atoms with Crippen molar-refractivity contribution in [2.24, 2.45) is 5.92 Å². The van der Waals surface area contributed by atoms with Crippen LogP contribution >= 0.6 is 0 Å². The van der Waals surface area contributed by atoms with E-state index in [1.165, 1.54) is 25.7 Å². The lowest BCUT2D eigenvalue weighted by Gasteiger charge is -2.17. The summed E-state index contributed by atoms with van der Waals surface area (Å²) < 4.78 is 0. The van der Waals surface area contributed by atoms with Gasteiger partial charge in [0.05, 0.1) is 0 Å². The van der Waals surface area contributed by atoms with Crippen molar-refractivity contribution in [2.75, 3.05) is 7.05 Å². The number of nitrogens with one attached hydrogen (secondary N) is 1. The highest BCUT2D eigenvalue weighted by Gasteiger charge is 2.06. The van der Waals surface area contributed by atoms with Crippen LogP contribution in [-0.2, 0) is 0 Å². The maximum absolute atomic E-state index is 3.37. The van der Waals surface area contributed by atoms with Gasteiger partial charge in [0.25, 0.3) is 0 Å². The fourth-order valence-corrected chi connectivity index (χ4v) is 1.40. The van der Waals surface area contributed by atoms with E-state index >= 15 is 0 Å². The Morgan fingerprint density at radius 2 is 1.91 bits per heavy atom. The Morgan fingerprint density at radius 1 is 1.27 bits per heavy atom. The smallest absolute Gasteiger partial charge is 0.00664 e. The first-order valence-electron chi connectivity index (χ1n) is 4.88. The van der Waals surface area contributed by atoms with Crippen molar-refractivity contribution < 1.29 is 0 Å². The molecule has 0 spiro atoms. The predicted molar refractivity (Wildman–Crippen MR) is 51.8 cm³/mol. The lowest BCUT2D eigenvalue weighted by molar-refractivity contribution is 0.411. The van der Waals surface area contributed by atoms with Crippen molar-refractivity contribution in [3.8, 4) is 0 Å². The van der Waals surface area contributed by atoms with Gasteiger partial charge in [0.2, 0.25) is 0 Å². The molecule has 0 bridgehead atoms. The highest BCUT2D eigenvalue weighted by molar-refractivity contribution is 4.65. The molecule has 0 aliphatic rings. The van der Waals surface area contributed by atoms with Crippen LogP contribution < -0.4 is 5.32 Å². The molecule has 11 heavy (non-hydrogen) atoms. The van der Waals surface area contributed by atoms with E-state index in [2.05, 4.69) is 33.1 Å². The normalized spacial score (nSPS) is 13.9. The van der Waals surface area contributed by atoms with E-state index in [4.69, 9.17) is 0 Å². The lowest BCUT2D eigenvalue weighted by atomic mass is 9.99. The first-order valence-corrected chi connectivity index (χ1v) is 4.88. The van der Waals surface area contributed by atoms with E-state index in [0.717, 1.165) is 12.0 Å². The summed E-state index contributed by atoms with van der Waals surface area (Å²) in [6, 6.07) is 0.745. The van der Waals surface area contributed by atoms with Crippen molar-refractivity contribution in [1.29, 1.82) is 0 Å². The summed E-state index contributed by atoms with van der Waals surface area (Å²) in [6.45, 7) is 6.83. The van der Waals surface area contributed by atoms with Crippen molar-refractivity contribution in [2.45, 2.75) is 52.5 Å². The molecule has 0 rings (SSSR count). The first kappa shape index (κ1) is 11.0. The molecule has 0 saturated carbocycles. The van der Waals surface area contributed by atoms with Gasteiger partial charge in [-0.05, 0) is 25.8 Å². The van der Waals surface area contributed by atoms with Gasteiger partial charge in [0.15, 0.2) is 0 Å². The van der Waals surface area contributed by atoms with Crippen LogP contribution in [0.4, 0.5) is 0 Å². The van der Waals surface area contributed by atoms with E-state index in [0.29, 0.717) is 0 Å². The summed E-state index contributed by atoms with van der Waals surface area (Å²) in [6.07, 6.45) is 5.33. The van der Waals surface area contributed by atoms with E-state index in [-0.39, 0.29) is 0 Å². The molecule has 1 heteroatoms. The topological polar surface area (TPSA) is 12.0 Å². The van der Waals surface area contributed by atoms with Gasteiger partial charge in [0, 0.05) is 6.04 Å². The largest absolute Gasteiger partial charge is 0.317 e. The van der Waals surface area contributed by atoms with Gasteiger partial charge in [-0.25, -0.2) is 0 Å². The maximum Gasteiger partial charge on any atom is 0.00664 e. The Bertz CT molecular complexity index is 78.9. The number of hydrogen-bond donors (Lipinski definition) is 1. The molecule has 0 radical (unpaired) electrons. The van der Waals surface area contributed by atoms with Gasteiger partial charge in [-0.15, -0.1) is 0 Å². The van der Waals surface area contributed by atoms with Gasteiger partial charge in [0.1, 0.15) is 0 Å². The molecule has 0 saturated heterocycles. The monoisotopic (exact) mass is 157 g/mol. The molecule has 1 nitrogen and oxygen atoms in total. The zero-order chi connectivity index (χ0) is 8.69. The molecule has 0 aromatic rings. The average Bonchev–Trinajstić information content (AvgIpc) is 1.97. The molecule has 0 aromatic heterocycles. The zero-order valence-electron chi connectivity index (χ0n) is 8.48. The van der Waals surface area contributed by atoms with Crippen LogP contribution in [0, 0.1) is 5.92 Å². The molecular weight excluding hydrogens is 134 g/mol. The quantitative estimate of drug-likeness (QED) is 0.625. The Morgan fingerprint density at radius 3 is 2.27 bits per heavy atom. The summed E-state index contributed by atoms with van der Waals surface area (Å²) in [5.74, 6) is 0.823. The van der Waals surface area contributed by atoms with Gasteiger partial charge in [-0.3, -0.25) is 0 Å². The minimum absolute atomic E-state index is 0.745. The number of rotatable bonds is 6. The standard InChI is InChI=1S/C10H23N/c1-5-6-7-10(11-4)8-9(2)3/h9-11H,5-8H2,1-4H3. The fraction of sp³-hybridized carbons (Fsp3) is 1.00. The highest BCUT2D eigenvalue weighted by atomic mass is 14.9. The van der Waals surface area contributed by atoms with Crippen LogP contribution in [0.3, 0.4) is 0 Å². The summed E-state index contributed by atoms with van der Waals surface area (Å²) in [7, 11) is 2.07. The van der Waals surface area contributed by atoms with Crippen LogP contribution in [0.2, 0.25) is 0 Å². The molecule has 0 amide bonds. The van der Waals surface area contributed by atoms with E-state index in [9.17, 15) is 0 Å². The molecule has 1 unspecified atom stereocenters. The minimum Gasteiger partial charge on any atom is -0.317 e. The van der Waals surface area contributed by atoms with E-state index in [1.54, 1.807) is 0 Å². The first-order chi connectivity index (χ1) is 5.20. The van der Waals surface area contributed by atoms with Crippen molar-refractivity contribution in [3.63, 3.8) is 0 Å². The highest BCUT2D eigenvalue weighted by Crippen LogP contribution is 2.10. The second-order valence-corrected chi connectivity index (χ2v) is 3.76. The number of unbranched alkanes of at least 4 members (excludes halogenated alkanes) is 1. The summed E-state index contributed by atoms with van der Waals surface area (Å²) >= 11 is 0. The summed E-state index contributed by atoms with van der Waals surface area (Å²) in [5, 5.41) is 3.37. The second kappa shape index (κ2) is 6.66. The van der Waals surface area contributed by atoms with Gasteiger partial charge >= 0.3 is 0 Å². The Labute approximate surface area is 71.6 Å². The molecule has 68 valence electrons. The lowest BCUT2D eigenvalue weighted by Crippen LogP contribution is -2.26. The third-order valence-corrected chi connectivity index (χ3v) is 2.07. The molecular formula is C10H23N.